The van der Waals surface area contributed by atoms with Crippen molar-refractivity contribution >= 4 is 22.6 Å². The van der Waals surface area contributed by atoms with E-state index in [-0.39, 0.29) is 11.2 Å². The van der Waals surface area contributed by atoms with E-state index in [2.05, 4.69) is 0 Å². The molecule has 0 spiro atoms. The van der Waals surface area contributed by atoms with Crippen LogP contribution in [0.2, 0.25) is 5.02 Å². The zero-order chi connectivity index (χ0) is 15.9. The van der Waals surface area contributed by atoms with Crippen LogP contribution in [0.1, 0.15) is 11.1 Å². The van der Waals surface area contributed by atoms with E-state index in [4.69, 9.17) is 20.8 Å². The fraction of sp³-hybridized carbons (Fsp3) is 0.167. The highest BCUT2D eigenvalue weighted by molar-refractivity contribution is 6.33. The van der Waals surface area contributed by atoms with Crippen LogP contribution in [-0.2, 0) is 0 Å². The second kappa shape index (κ2) is 5.50. The van der Waals surface area contributed by atoms with Gasteiger partial charge in [0, 0.05) is 5.56 Å². The molecule has 3 rings (SSSR count). The van der Waals surface area contributed by atoms with Crippen molar-refractivity contribution in [1.29, 1.82) is 0 Å². The lowest BCUT2D eigenvalue weighted by Gasteiger charge is -2.11. The minimum atomic E-state index is -0.184. The second-order valence-corrected chi connectivity index (χ2v) is 5.64. The van der Waals surface area contributed by atoms with Crippen LogP contribution < -0.4 is 10.2 Å². The molecular formula is C18H15ClO3. The van der Waals surface area contributed by atoms with Crippen LogP contribution in [0.5, 0.6) is 5.75 Å². The van der Waals surface area contributed by atoms with Crippen LogP contribution in [0.3, 0.4) is 0 Å². The topological polar surface area (TPSA) is 39.4 Å². The van der Waals surface area contributed by atoms with Crippen LogP contribution >= 0.6 is 11.6 Å². The third-order valence-corrected chi connectivity index (χ3v) is 3.95. The first kappa shape index (κ1) is 14.7. The Labute approximate surface area is 133 Å². The van der Waals surface area contributed by atoms with Crippen molar-refractivity contribution < 1.29 is 9.15 Å². The van der Waals surface area contributed by atoms with E-state index < -0.39 is 0 Å². The van der Waals surface area contributed by atoms with Crippen molar-refractivity contribution in [2.75, 3.05) is 7.11 Å². The monoisotopic (exact) mass is 314 g/mol. The molecule has 22 heavy (non-hydrogen) atoms. The standard InChI is InChI=1S/C18H15ClO3/c1-10-8-11(2)15-14(9-10)22-17(18(21-3)16(15)20)12-6-4-5-7-13(12)19/h4-9H,1-3H3. The lowest BCUT2D eigenvalue weighted by atomic mass is 10.0. The molecule has 0 unspecified atom stereocenters. The maximum absolute atomic E-state index is 12.8. The number of ether oxygens (including phenoxy) is 1. The number of hydrogen-bond donors (Lipinski definition) is 0. The van der Waals surface area contributed by atoms with Gasteiger partial charge < -0.3 is 9.15 Å². The van der Waals surface area contributed by atoms with E-state index in [9.17, 15) is 4.79 Å². The van der Waals surface area contributed by atoms with E-state index >= 15 is 0 Å². The largest absolute Gasteiger partial charge is 0.490 e. The molecule has 0 amide bonds. The van der Waals surface area contributed by atoms with Crippen molar-refractivity contribution in [2.24, 2.45) is 0 Å². The Morgan fingerprint density at radius 2 is 1.86 bits per heavy atom. The van der Waals surface area contributed by atoms with Crippen LogP contribution in [0.25, 0.3) is 22.3 Å². The highest BCUT2D eigenvalue weighted by Crippen LogP contribution is 2.35. The summed E-state index contributed by atoms with van der Waals surface area (Å²) < 4.78 is 11.3. The Bertz CT molecular complexity index is 925. The Kier molecular flexibility index (Phi) is 3.67. The summed E-state index contributed by atoms with van der Waals surface area (Å²) in [6.07, 6.45) is 0. The molecule has 0 saturated heterocycles. The van der Waals surface area contributed by atoms with Crippen molar-refractivity contribution in [2.45, 2.75) is 13.8 Å². The van der Waals surface area contributed by atoms with Gasteiger partial charge in [-0.05, 0) is 43.2 Å². The minimum absolute atomic E-state index is 0.174. The fourth-order valence-corrected chi connectivity index (χ4v) is 2.90. The zero-order valence-electron chi connectivity index (χ0n) is 12.6. The van der Waals surface area contributed by atoms with E-state index in [0.717, 1.165) is 11.1 Å². The molecule has 1 heterocycles. The highest BCUT2D eigenvalue weighted by atomic mass is 35.5. The molecule has 0 atom stereocenters. The molecule has 3 nitrogen and oxygen atoms in total. The molecule has 112 valence electrons. The van der Waals surface area contributed by atoms with Gasteiger partial charge in [0.1, 0.15) is 5.58 Å². The van der Waals surface area contributed by atoms with Gasteiger partial charge in [-0.3, -0.25) is 4.79 Å². The summed E-state index contributed by atoms with van der Waals surface area (Å²) in [5.74, 6) is 0.531. The number of rotatable bonds is 2. The molecule has 4 heteroatoms. The quantitative estimate of drug-likeness (QED) is 0.686. The Hall–Kier alpha value is -2.26. The SMILES string of the molecule is COc1c(-c2ccccc2Cl)oc2cc(C)cc(C)c2c1=O. The molecule has 0 fully saturated rings. The Morgan fingerprint density at radius 1 is 1.14 bits per heavy atom. The van der Waals surface area contributed by atoms with Crippen LogP contribution in [-0.4, -0.2) is 7.11 Å². The smallest absolute Gasteiger partial charge is 0.235 e. The molecule has 0 aliphatic carbocycles. The summed E-state index contributed by atoms with van der Waals surface area (Å²) in [4.78, 5) is 12.8. The van der Waals surface area contributed by atoms with Crippen molar-refractivity contribution in [3.8, 4) is 17.1 Å². The third-order valence-electron chi connectivity index (χ3n) is 3.62. The van der Waals surface area contributed by atoms with Crippen molar-refractivity contribution in [1.82, 2.24) is 0 Å². The van der Waals surface area contributed by atoms with Crippen molar-refractivity contribution in [3.63, 3.8) is 0 Å². The molecule has 0 radical (unpaired) electrons. The predicted octanol–water partition coefficient (Wildman–Crippen LogP) is 4.74. The average Bonchev–Trinajstić information content (AvgIpc) is 2.46. The molecule has 0 N–H and O–H groups in total. The van der Waals surface area contributed by atoms with Crippen molar-refractivity contribution in [3.05, 3.63) is 62.8 Å². The first-order valence-corrected chi connectivity index (χ1v) is 7.27. The first-order chi connectivity index (χ1) is 10.5. The van der Waals surface area contributed by atoms with Gasteiger partial charge >= 0.3 is 0 Å². The molecule has 3 aromatic rings. The van der Waals surface area contributed by atoms with E-state index in [0.29, 0.717) is 27.3 Å². The average molecular weight is 315 g/mol. The van der Waals surface area contributed by atoms with Gasteiger partial charge in [0.15, 0.2) is 5.76 Å². The van der Waals surface area contributed by atoms with Crippen LogP contribution in [0.4, 0.5) is 0 Å². The summed E-state index contributed by atoms with van der Waals surface area (Å²) in [5, 5.41) is 1.05. The van der Waals surface area contributed by atoms with Gasteiger partial charge in [-0.15, -0.1) is 0 Å². The fourth-order valence-electron chi connectivity index (χ4n) is 2.68. The number of halogens is 1. The molecule has 0 aliphatic rings. The van der Waals surface area contributed by atoms with Gasteiger partial charge in [-0.25, -0.2) is 0 Å². The van der Waals surface area contributed by atoms with E-state index in [1.807, 2.05) is 38.1 Å². The van der Waals surface area contributed by atoms with E-state index in [1.165, 1.54) is 7.11 Å². The first-order valence-electron chi connectivity index (χ1n) is 6.90. The van der Waals surface area contributed by atoms with Crippen LogP contribution in [0.15, 0.2) is 45.6 Å². The molecule has 2 aromatic carbocycles. The Balaban J connectivity index is 2.46. The van der Waals surface area contributed by atoms with Gasteiger partial charge in [0.2, 0.25) is 11.2 Å². The molecule has 0 bridgehead atoms. The molecule has 0 saturated carbocycles. The molecular weight excluding hydrogens is 300 g/mol. The maximum atomic E-state index is 12.8. The summed E-state index contributed by atoms with van der Waals surface area (Å²) in [6.45, 7) is 3.85. The lowest BCUT2D eigenvalue weighted by Crippen LogP contribution is -2.09. The van der Waals surface area contributed by atoms with Gasteiger partial charge in [-0.1, -0.05) is 29.8 Å². The molecule has 1 aromatic heterocycles. The van der Waals surface area contributed by atoms with Gasteiger partial charge in [0.25, 0.3) is 0 Å². The maximum Gasteiger partial charge on any atom is 0.235 e. The summed E-state index contributed by atoms with van der Waals surface area (Å²) >= 11 is 6.24. The normalized spacial score (nSPS) is 10.9. The number of aryl methyl sites for hydroxylation is 2. The summed E-state index contributed by atoms with van der Waals surface area (Å²) in [6, 6.07) is 11.0. The zero-order valence-corrected chi connectivity index (χ0v) is 13.3. The summed E-state index contributed by atoms with van der Waals surface area (Å²) in [5.41, 5.74) is 2.89. The predicted molar refractivity (Wildman–Crippen MR) is 89.0 cm³/mol. The Morgan fingerprint density at radius 3 is 2.55 bits per heavy atom. The summed E-state index contributed by atoms with van der Waals surface area (Å²) in [7, 11) is 1.46. The number of fused-ring (bicyclic) bond motifs is 1. The lowest BCUT2D eigenvalue weighted by molar-refractivity contribution is 0.398. The minimum Gasteiger partial charge on any atom is -0.490 e. The molecule has 0 aliphatic heterocycles. The van der Waals surface area contributed by atoms with Gasteiger partial charge in [0.05, 0.1) is 17.5 Å². The van der Waals surface area contributed by atoms with Gasteiger partial charge in [-0.2, -0.15) is 0 Å². The van der Waals surface area contributed by atoms with E-state index in [1.54, 1.807) is 12.1 Å². The highest BCUT2D eigenvalue weighted by Gasteiger charge is 2.19. The number of methoxy groups -OCH3 is 1. The number of benzene rings is 2. The van der Waals surface area contributed by atoms with Crippen LogP contribution in [0, 0.1) is 13.8 Å². The number of hydrogen-bond acceptors (Lipinski definition) is 3. The second-order valence-electron chi connectivity index (χ2n) is 5.23. The third kappa shape index (κ3) is 2.28.